The van der Waals surface area contributed by atoms with Gasteiger partial charge in [0.05, 0.1) is 38.6 Å². The molecule has 1 N–H and O–H groups in total. The molecular weight excluding hydrogens is 412 g/mol. The maximum atomic E-state index is 12.8. The zero-order valence-electron chi connectivity index (χ0n) is 19.9. The van der Waals surface area contributed by atoms with E-state index in [1.807, 2.05) is 4.90 Å². The molecule has 2 amide bonds. The molecule has 2 saturated heterocycles. The number of piperidine rings is 1. The van der Waals surface area contributed by atoms with E-state index in [4.69, 9.17) is 18.9 Å². The SMILES string of the molecule is COc1ccc(C(=O)NC[C@H]2CCC3(CCN(C(=O)CC(C)C)CC3)O2)c(OC)c1OC. The number of carbonyl (C=O) groups is 2. The third-order valence-electron chi connectivity index (χ3n) is 6.39. The first-order valence-electron chi connectivity index (χ1n) is 11.3. The molecule has 2 aliphatic heterocycles. The largest absolute Gasteiger partial charge is 0.493 e. The van der Waals surface area contributed by atoms with Crippen molar-refractivity contribution in [1.29, 1.82) is 0 Å². The molecular formula is C24H36N2O6. The van der Waals surface area contributed by atoms with Crippen LogP contribution in [0.3, 0.4) is 0 Å². The van der Waals surface area contributed by atoms with E-state index in [0.29, 0.717) is 41.7 Å². The monoisotopic (exact) mass is 448 g/mol. The summed E-state index contributed by atoms with van der Waals surface area (Å²) in [4.78, 5) is 27.1. The number of likely N-dealkylation sites (tertiary alicyclic amines) is 1. The van der Waals surface area contributed by atoms with Gasteiger partial charge in [0, 0.05) is 26.1 Å². The van der Waals surface area contributed by atoms with Crippen molar-refractivity contribution in [3.63, 3.8) is 0 Å². The average Bonchev–Trinajstić information content (AvgIpc) is 3.18. The number of nitrogens with zero attached hydrogens (tertiary/aromatic N) is 1. The third-order valence-corrected chi connectivity index (χ3v) is 6.39. The van der Waals surface area contributed by atoms with Gasteiger partial charge in [-0.25, -0.2) is 0 Å². The Morgan fingerprint density at radius 3 is 2.38 bits per heavy atom. The molecule has 1 aromatic carbocycles. The highest BCUT2D eigenvalue weighted by Gasteiger charge is 2.43. The van der Waals surface area contributed by atoms with Gasteiger partial charge in [0.2, 0.25) is 11.7 Å². The Labute approximate surface area is 190 Å². The van der Waals surface area contributed by atoms with Crippen molar-refractivity contribution in [3.8, 4) is 17.2 Å². The van der Waals surface area contributed by atoms with E-state index in [9.17, 15) is 9.59 Å². The molecule has 0 saturated carbocycles. The van der Waals surface area contributed by atoms with Gasteiger partial charge in [0.15, 0.2) is 11.5 Å². The van der Waals surface area contributed by atoms with Crippen molar-refractivity contribution in [1.82, 2.24) is 10.2 Å². The molecule has 1 aromatic rings. The number of rotatable bonds is 8. The van der Waals surface area contributed by atoms with Crippen LogP contribution in [0.15, 0.2) is 12.1 Å². The Morgan fingerprint density at radius 2 is 1.78 bits per heavy atom. The van der Waals surface area contributed by atoms with Crippen molar-refractivity contribution >= 4 is 11.8 Å². The Bertz CT molecular complexity index is 817. The molecule has 8 nitrogen and oxygen atoms in total. The smallest absolute Gasteiger partial charge is 0.255 e. The number of nitrogens with one attached hydrogen (secondary N) is 1. The van der Waals surface area contributed by atoms with E-state index in [1.54, 1.807) is 12.1 Å². The Morgan fingerprint density at radius 1 is 1.09 bits per heavy atom. The highest BCUT2D eigenvalue weighted by Crippen LogP contribution is 2.40. The first-order valence-corrected chi connectivity index (χ1v) is 11.3. The van der Waals surface area contributed by atoms with Gasteiger partial charge < -0.3 is 29.2 Å². The van der Waals surface area contributed by atoms with E-state index in [2.05, 4.69) is 19.2 Å². The Hall–Kier alpha value is -2.48. The molecule has 1 atom stereocenters. The Kier molecular flexibility index (Phi) is 7.87. The lowest BCUT2D eigenvalue weighted by Gasteiger charge is -2.39. The topological polar surface area (TPSA) is 86.3 Å². The number of amides is 2. The lowest BCUT2D eigenvalue weighted by molar-refractivity contribution is -0.138. The van der Waals surface area contributed by atoms with E-state index in [-0.39, 0.29) is 23.5 Å². The average molecular weight is 449 g/mol. The highest BCUT2D eigenvalue weighted by molar-refractivity contribution is 5.98. The molecule has 3 rings (SSSR count). The standard InChI is InChI=1S/C24H36N2O6/c1-16(2)14-20(27)26-12-10-24(11-13-26)9-8-17(32-24)15-25-23(28)18-6-7-19(29-3)22(31-5)21(18)30-4/h6-7,16-17H,8-15H2,1-5H3,(H,25,28)/t17-/m1/s1. The van der Waals surface area contributed by atoms with E-state index < -0.39 is 0 Å². The molecule has 0 unspecified atom stereocenters. The van der Waals surface area contributed by atoms with Crippen LogP contribution in [0, 0.1) is 5.92 Å². The van der Waals surface area contributed by atoms with E-state index in [1.165, 1.54) is 21.3 Å². The highest BCUT2D eigenvalue weighted by atomic mass is 16.5. The summed E-state index contributed by atoms with van der Waals surface area (Å²) < 4.78 is 22.5. The normalized spacial score (nSPS) is 19.8. The lowest BCUT2D eigenvalue weighted by atomic mass is 9.88. The van der Waals surface area contributed by atoms with Crippen LogP contribution < -0.4 is 19.5 Å². The number of benzene rings is 1. The quantitative estimate of drug-likeness (QED) is 0.658. The van der Waals surface area contributed by atoms with Gasteiger partial charge >= 0.3 is 0 Å². The van der Waals surface area contributed by atoms with Gasteiger partial charge in [-0.1, -0.05) is 13.8 Å². The second-order valence-corrected chi connectivity index (χ2v) is 9.03. The van der Waals surface area contributed by atoms with Crippen LogP contribution in [0.5, 0.6) is 17.2 Å². The van der Waals surface area contributed by atoms with Crippen molar-refractivity contribution in [3.05, 3.63) is 17.7 Å². The fraction of sp³-hybridized carbons (Fsp3) is 0.667. The van der Waals surface area contributed by atoms with E-state index in [0.717, 1.165) is 38.8 Å². The Balaban J connectivity index is 1.54. The first kappa shape index (κ1) is 24.2. The van der Waals surface area contributed by atoms with Crippen molar-refractivity contribution in [2.24, 2.45) is 5.92 Å². The van der Waals surface area contributed by atoms with Crippen LogP contribution in [0.25, 0.3) is 0 Å². The third kappa shape index (κ3) is 5.28. The predicted octanol–water partition coefficient (Wildman–Crippen LogP) is 3.03. The number of hydrogen-bond acceptors (Lipinski definition) is 6. The van der Waals surface area contributed by atoms with Crippen molar-refractivity contribution in [2.75, 3.05) is 41.0 Å². The molecule has 2 heterocycles. The second-order valence-electron chi connectivity index (χ2n) is 9.03. The van der Waals surface area contributed by atoms with Crippen LogP contribution >= 0.6 is 0 Å². The predicted molar refractivity (Wildman–Crippen MR) is 121 cm³/mol. The summed E-state index contributed by atoms with van der Waals surface area (Å²) in [6, 6.07) is 3.35. The molecule has 2 aliphatic rings. The minimum Gasteiger partial charge on any atom is -0.493 e. The molecule has 0 aromatic heterocycles. The fourth-order valence-corrected chi connectivity index (χ4v) is 4.63. The van der Waals surface area contributed by atoms with Crippen LogP contribution in [0.2, 0.25) is 0 Å². The van der Waals surface area contributed by atoms with Crippen molar-refractivity contribution < 1.29 is 28.5 Å². The molecule has 0 radical (unpaired) electrons. The number of hydrogen-bond donors (Lipinski definition) is 1. The molecule has 0 aliphatic carbocycles. The number of carbonyl (C=O) groups excluding carboxylic acids is 2. The van der Waals surface area contributed by atoms with Gasteiger partial charge in [-0.15, -0.1) is 0 Å². The summed E-state index contributed by atoms with van der Waals surface area (Å²) in [6.45, 7) is 6.05. The maximum Gasteiger partial charge on any atom is 0.255 e. The molecule has 32 heavy (non-hydrogen) atoms. The van der Waals surface area contributed by atoms with E-state index >= 15 is 0 Å². The van der Waals surface area contributed by atoms with Gasteiger partial charge in [-0.3, -0.25) is 9.59 Å². The minimum absolute atomic E-state index is 0.0389. The zero-order chi connectivity index (χ0) is 23.3. The molecule has 2 fully saturated rings. The van der Waals surface area contributed by atoms with Crippen LogP contribution in [-0.2, 0) is 9.53 Å². The lowest BCUT2D eigenvalue weighted by Crippen LogP contribution is -2.47. The van der Waals surface area contributed by atoms with Gasteiger partial charge in [0.1, 0.15) is 0 Å². The first-order chi connectivity index (χ1) is 15.3. The van der Waals surface area contributed by atoms with Gasteiger partial charge in [-0.05, 0) is 43.7 Å². The summed E-state index contributed by atoms with van der Waals surface area (Å²) in [5.74, 6) is 1.59. The summed E-state index contributed by atoms with van der Waals surface area (Å²) in [5, 5.41) is 2.97. The van der Waals surface area contributed by atoms with Gasteiger partial charge in [0.25, 0.3) is 5.91 Å². The zero-order valence-corrected chi connectivity index (χ0v) is 19.9. The summed E-state index contributed by atoms with van der Waals surface area (Å²) >= 11 is 0. The number of methoxy groups -OCH3 is 3. The van der Waals surface area contributed by atoms with Crippen LogP contribution in [0.1, 0.15) is 56.3 Å². The van der Waals surface area contributed by atoms with Crippen LogP contribution in [0.4, 0.5) is 0 Å². The minimum atomic E-state index is -0.249. The second kappa shape index (κ2) is 10.4. The van der Waals surface area contributed by atoms with Gasteiger partial charge in [-0.2, -0.15) is 0 Å². The molecule has 0 bridgehead atoms. The van der Waals surface area contributed by atoms with Crippen LogP contribution in [-0.4, -0.2) is 69.4 Å². The fourth-order valence-electron chi connectivity index (χ4n) is 4.63. The summed E-state index contributed by atoms with van der Waals surface area (Å²) in [7, 11) is 4.54. The molecule has 1 spiro atoms. The van der Waals surface area contributed by atoms with Crippen molar-refractivity contribution in [2.45, 2.75) is 57.7 Å². The summed E-state index contributed by atoms with van der Waals surface area (Å²) in [6.07, 6.45) is 4.11. The molecule has 178 valence electrons. The maximum absolute atomic E-state index is 12.8. The molecule has 8 heteroatoms. The number of ether oxygens (including phenoxy) is 4. The summed E-state index contributed by atoms with van der Waals surface area (Å²) in [5.41, 5.74) is 0.209.